The number of hydrogen-bond acceptors (Lipinski definition) is 5. The molecule has 30 heavy (non-hydrogen) atoms. The number of likely N-dealkylation sites (tertiary alicyclic amines) is 1. The van der Waals surface area contributed by atoms with Crippen LogP contribution in [0.5, 0.6) is 0 Å². The number of nitrogens with zero attached hydrogens (tertiary/aromatic N) is 4. The number of hydrogen-bond donors (Lipinski definition) is 1. The maximum Gasteiger partial charge on any atom is 0.256 e. The molecule has 1 fully saturated rings. The largest absolute Gasteiger partial charge is 0.349 e. The van der Waals surface area contributed by atoms with E-state index in [-0.39, 0.29) is 36.1 Å². The van der Waals surface area contributed by atoms with Gasteiger partial charge >= 0.3 is 0 Å². The third-order valence-electron chi connectivity index (χ3n) is 5.54. The van der Waals surface area contributed by atoms with E-state index in [1.807, 2.05) is 33.8 Å². The van der Waals surface area contributed by atoms with E-state index in [0.29, 0.717) is 24.2 Å². The first kappa shape index (κ1) is 21.7. The van der Waals surface area contributed by atoms with Crippen LogP contribution in [0.4, 0.5) is 0 Å². The second-order valence-electron chi connectivity index (χ2n) is 8.81. The minimum Gasteiger partial charge on any atom is -0.349 e. The summed E-state index contributed by atoms with van der Waals surface area (Å²) in [4.78, 5) is 41.3. The number of amides is 2. The zero-order valence-electron chi connectivity index (χ0n) is 18.0. The van der Waals surface area contributed by atoms with Crippen LogP contribution in [0.2, 0.25) is 0 Å². The third-order valence-corrected chi connectivity index (χ3v) is 5.54. The van der Waals surface area contributed by atoms with Gasteiger partial charge in [0.25, 0.3) is 5.91 Å². The van der Waals surface area contributed by atoms with Gasteiger partial charge < -0.3 is 10.2 Å². The number of ketones is 1. The number of benzene rings is 1. The van der Waals surface area contributed by atoms with Crippen molar-refractivity contribution in [1.82, 2.24) is 25.2 Å². The molecule has 3 rings (SSSR count). The average Bonchev–Trinajstić information content (AvgIpc) is 3.25. The molecule has 1 aromatic carbocycles. The van der Waals surface area contributed by atoms with Gasteiger partial charge in [-0.3, -0.25) is 14.4 Å². The van der Waals surface area contributed by atoms with Crippen molar-refractivity contribution >= 4 is 17.6 Å². The van der Waals surface area contributed by atoms with Gasteiger partial charge in [0.1, 0.15) is 0 Å². The van der Waals surface area contributed by atoms with Gasteiger partial charge in [-0.15, -0.1) is 0 Å². The minimum atomic E-state index is -0.499. The van der Waals surface area contributed by atoms with E-state index in [2.05, 4.69) is 15.5 Å². The molecule has 0 bridgehead atoms. The van der Waals surface area contributed by atoms with Crippen molar-refractivity contribution in [3.63, 3.8) is 0 Å². The molecule has 160 valence electrons. The normalized spacial score (nSPS) is 19.4. The second kappa shape index (κ2) is 8.77. The van der Waals surface area contributed by atoms with Crippen LogP contribution in [0.15, 0.2) is 36.7 Å². The standard InChI is InChI=1S/C22H29N5O3/c1-15-9-10-16(20(29)23-13-19(28)22(2,3)4)14-26(15)21(30)17-7-5-6-8-18(17)27-24-11-12-25-27/h5-8,11-12,15-16H,9-10,13-14H2,1-4H3,(H,23,29). The third kappa shape index (κ3) is 4.75. The Labute approximate surface area is 176 Å². The predicted molar refractivity (Wildman–Crippen MR) is 112 cm³/mol. The predicted octanol–water partition coefficient (Wildman–Crippen LogP) is 2.24. The van der Waals surface area contributed by atoms with Crippen LogP contribution in [0, 0.1) is 11.3 Å². The van der Waals surface area contributed by atoms with Crippen LogP contribution in [0.3, 0.4) is 0 Å². The average molecular weight is 412 g/mol. The molecule has 1 N–H and O–H groups in total. The molecule has 1 aromatic heterocycles. The maximum atomic E-state index is 13.4. The molecule has 0 saturated carbocycles. The van der Waals surface area contributed by atoms with Gasteiger partial charge in [0.15, 0.2) is 5.78 Å². The van der Waals surface area contributed by atoms with Crippen molar-refractivity contribution in [3.8, 4) is 5.69 Å². The van der Waals surface area contributed by atoms with E-state index in [0.717, 1.165) is 6.42 Å². The van der Waals surface area contributed by atoms with Crippen molar-refractivity contribution in [2.24, 2.45) is 11.3 Å². The number of Topliss-reactive ketones (excluding diaryl/α,β-unsaturated/α-hetero) is 1. The summed E-state index contributed by atoms with van der Waals surface area (Å²) in [6, 6.07) is 7.19. The Hall–Kier alpha value is -3.03. The molecule has 1 saturated heterocycles. The molecule has 0 aliphatic carbocycles. The zero-order valence-corrected chi connectivity index (χ0v) is 18.0. The summed E-state index contributed by atoms with van der Waals surface area (Å²) in [5.74, 6) is -0.695. The van der Waals surface area contributed by atoms with E-state index in [4.69, 9.17) is 0 Å². The number of rotatable bonds is 5. The Morgan fingerprint density at radius 3 is 2.43 bits per heavy atom. The summed E-state index contributed by atoms with van der Waals surface area (Å²) < 4.78 is 0. The van der Waals surface area contributed by atoms with Gasteiger partial charge in [-0.05, 0) is 31.9 Å². The van der Waals surface area contributed by atoms with Crippen molar-refractivity contribution in [2.45, 2.75) is 46.6 Å². The Kier molecular flexibility index (Phi) is 6.34. The highest BCUT2D eigenvalue weighted by molar-refractivity contribution is 5.98. The van der Waals surface area contributed by atoms with Crippen LogP contribution in [0.25, 0.3) is 5.69 Å². The molecule has 2 aromatic rings. The van der Waals surface area contributed by atoms with E-state index >= 15 is 0 Å². The highest BCUT2D eigenvalue weighted by atomic mass is 16.2. The Morgan fingerprint density at radius 2 is 1.77 bits per heavy atom. The fourth-order valence-electron chi connectivity index (χ4n) is 3.50. The van der Waals surface area contributed by atoms with E-state index < -0.39 is 5.41 Å². The van der Waals surface area contributed by atoms with Crippen molar-refractivity contribution in [3.05, 3.63) is 42.2 Å². The fraction of sp³-hybridized carbons (Fsp3) is 0.500. The lowest BCUT2D eigenvalue weighted by atomic mass is 9.90. The fourth-order valence-corrected chi connectivity index (χ4v) is 3.50. The molecule has 2 unspecified atom stereocenters. The number of nitrogens with one attached hydrogen (secondary N) is 1. The lowest BCUT2D eigenvalue weighted by Crippen LogP contribution is -2.50. The topological polar surface area (TPSA) is 97.2 Å². The van der Waals surface area contributed by atoms with E-state index in [1.165, 1.54) is 4.80 Å². The number of carbonyl (C=O) groups excluding carboxylic acids is 3. The lowest BCUT2D eigenvalue weighted by Gasteiger charge is -2.37. The molecule has 0 spiro atoms. The second-order valence-corrected chi connectivity index (χ2v) is 8.81. The minimum absolute atomic E-state index is 0.0101. The van der Waals surface area contributed by atoms with Crippen LogP contribution in [-0.2, 0) is 9.59 Å². The van der Waals surface area contributed by atoms with Crippen LogP contribution < -0.4 is 5.32 Å². The van der Waals surface area contributed by atoms with Gasteiger partial charge in [0.2, 0.25) is 5.91 Å². The van der Waals surface area contributed by atoms with Crippen LogP contribution >= 0.6 is 0 Å². The number of aromatic nitrogens is 3. The molecule has 0 radical (unpaired) electrons. The zero-order chi connectivity index (χ0) is 21.9. The van der Waals surface area contributed by atoms with Crippen molar-refractivity contribution < 1.29 is 14.4 Å². The van der Waals surface area contributed by atoms with Gasteiger partial charge in [0, 0.05) is 18.0 Å². The first-order chi connectivity index (χ1) is 14.2. The SMILES string of the molecule is CC1CCC(C(=O)NCC(=O)C(C)(C)C)CN1C(=O)c1ccccc1-n1nccn1. The number of carbonyl (C=O) groups is 3. The van der Waals surface area contributed by atoms with E-state index in [1.54, 1.807) is 35.5 Å². The highest BCUT2D eigenvalue weighted by Gasteiger charge is 2.34. The summed E-state index contributed by atoms with van der Waals surface area (Å²) in [6.45, 7) is 7.80. The summed E-state index contributed by atoms with van der Waals surface area (Å²) in [5, 5.41) is 11.0. The van der Waals surface area contributed by atoms with Crippen molar-refractivity contribution in [2.75, 3.05) is 13.1 Å². The van der Waals surface area contributed by atoms with E-state index in [9.17, 15) is 14.4 Å². The Morgan fingerprint density at radius 1 is 1.10 bits per heavy atom. The summed E-state index contributed by atoms with van der Waals surface area (Å²) in [6.07, 6.45) is 4.52. The van der Waals surface area contributed by atoms with Gasteiger partial charge in [-0.2, -0.15) is 15.0 Å². The summed E-state index contributed by atoms with van der Waals surface area (Å²) >= 11 is 0. The smallest absolute Gasteiger partial charge is 0.256 e. The molecule has 8 nitrogen and oxygen atoms in total. The van der Waals surface area contributed by atoms with Crippen molar-refractivity contribution in [1.29, 1.82) is 0 Å². The first-order valence-corrected chi connectivity index (χ1v) is 10.3. The first-order valence-electron chi connectivity index (χ1n) is 10.3. The molecule has 1 aliphatic rings. The van der Waals surface area contributed by atoms with Crippen LogP contribution in [0.1, 0.15) is 50.9 Å². The number of para-hydroxylation sites is 1. The molecule has 8 heteroatoms. The monoisotopic (exact) mass is 411 g/mol. The molecule has 2 atom stereocenters. The number of piperidine rings is 1. The molecular weight excluding hydrogens is 382 g/mol. The molecule has 2 heterocycles. The maximum absolute atomic E-state index is 13.4. The Bertz CT molecular complexity index is 917. The van der Waals surface area contributed by atoms with Gasteiger partial charge in [-0.1, -0.05) is 32.9 Å². The Balaban J connectivity index is 1.73. The van der Waals surface area contributed by atoms with Crippen LogP contribution in [-0.4, -0.2) is 56.6 Å². The summed E-state index contributed by atoms with van der Waals surface area (Å²) in [5.41, 5.74) is 0.590. The van der Waals surface area contributed by atoms with Gasteiger partial charge in [-0.25, -0.2) is 0 Å². The summed E-state index contributed by atoms with van der Waals surface area (Å²) in [7, 11) is 0. The molecule has 1 aliphatic heterocycles. The molecular formula is C22H29N5O3. The van der Waals surface area contributed by atoms with Gasteiger partial charge in [0.05, 0.1) is 36.1 Å². The lowest BCUT2D eigenvalue weighted by molar-refractivity contribution is -0.131. The quantitative estimate of drug-likeness (QED) is 0.814. The highest BCUT2D eigenvalue weighted by Crippen LogP contribution is 2.26. The molecule has 2 amide bonds.